The molecule has 3 aromatic carbocycles. The van der Waals surface area contributed by atoms with Crippen molar-refractivity contribution >= 4 is 27.5 Å². The van der Waals surface area contributed by atoms with E-state index in [0.29, 0.717) is 5.02 Å². The van der Waals surface area contributed by atoms with Crippen LogP contribution in [-0.2, 0) is 21.4 Å². The minimum atomic E-state index is -3.91. The van der Waals surface area contributed by atoms with Crippen LogP contribution in [0.4, 0.5) is 0 Å². The monoisotopic (exact) mass is 456 g/mol. The molecule has 0 saturated carbocycles. The summed E-state index contributed by atoms with van der Waals surface area (Å²) in [5.74, 6) is -0.374. The van der Waals surface area contributed by atoms with E-state index in [-0.39, 0.29) is 29.9 Å². The van der Waals surface area contributed by atoms with Gasteiger partial charge in [0.25, 0.3) is 0 Å². The van der Waals surface area contributed by atoms with E-state index in [9.17, 15) is 13.2 Å². The molecule has 1 atom stereocenters. The third-order valence-electron chi connectivity index (χ3n) is 4.89. The Morgan fingerprint density at radius 2 is 1.68 bits per heavy atom. The second kappa shape index (κ2) is 10.1. The molecule has 0 saturated heterocycles. The van der Waals surface area contributed by atoms with Gasteiger partial charge < -0.3 is 5.32 Å². The van der Waals surface area contributed by atoms with Crippen molar-refractivity contribution in [2.45, 2.75) is 31.3 Å². The van der Waals surface area contributed by atoms with E-state index >= 15 is 0 Å². The zero-order chi connectivity index (χ0) is 22.4. The number of carbonyl (C=O) groups is 1. The lowest BCUT2D eigenvalue weighted by atomic mass is 10.1. The minimum absolute atomic E-state index is 0.0831. The normalized spacial score (nSPS) is 12.5. The van der Waals surface area contributed by atoms with Crippen LogP contribution in [-0.4, -0.2) is 25.2 Å². The van der Waals surface area contributed by atoms with E-state index in [1.54, 1.807) is 0 Å². The molecule has 3 rings (SSSR count). The van der Waals surface area contributed by atoms with Gasteiger partial charge in [-0.05, 0) is 49.2 Å². The molecule has 0 unspecified atom stereocenters. The SMILES string of the molecule is Cc1cccc(CN(CC(=O)N[C@H](C)c2ccccc2)S(=O)(=O)c2ccc(Cl)cc2)c1. The molecule has 1 N–H and O–H groups in total. The molecule has 7 heteroatoms. The molecule has 1 amide bonds. The zero-order valence-electron chi connectivity index (χ0n) is 17.5. The summed E-state index contributed by atoms with van der Waals surface area (Å²) >= 11 is 5.92. The number of sulfonamides is 1. The Morgan fingerprint density at radius 1 is 1.00 bits per heavy atom. The first-order valence-electron chi connectivity index (χ1n) is 9.91. The Hall–Kier alpha value is -2.67. The van der Waals surface area contributed by atoms with Crippen LogP contribution in [0.5, 0.6) is 0 Å². The molecule has 0 heterocycles. The molecule has 0 fully saturated rings. The van der Waals surface area contributed by atoms with Gasteiger partial charge in [-0.2, -0.15) is 4.31 Å². The highest BCUT2D eigenvalue weighted by Crippen LogP contribution is 2.21. The number of carbonyl (C=O) groups excluding carboxylic acids is 1. The number of benzene rings is 3. The summed E-state index contributed by atoms with van der Waals surface area (Å²) in [6, 6.07) is 22.8. The molecule has 0 spiro atoms. The summed E-state index contributed by atoms with van der Waals surface area (Å²) in [7, 11) is -3.91. The smallest absolute Gasteiger partial charge is 0.243 e. The number of hydrogen-bond donors (Lipinski definition) is 1. The third kappa shape index (κ3) is 6.17. The number of hydrogen-bond acceptors (Lipinski definition) is 3. The van der Waals surface area contributed by atoms with Gasteiger partial charge in [0, 0.05) is 11.6 Å². The van der Waals surface area contributed by atoms with Gasteiger partial charge in [0.05, 0.1) is 17.5 Å². The summed E-state index contributed by atoms with van der Waals surface area (Å²) in [6.07, 6.45) is 0. The van der Waals surface area contributed by atoms with Gasteiger partial charge in [-0.15, -0.1) is 0 Å². The molecule has 0 radical (unpaired) electrons. The van der Waals surface area contributed by atoms with Crippen molar-refractivity contribution in [3.05, 3.63) is 101 Å². The van der Waals surface area contributed by atoms with Crippen molar-refractivity contribution < 1.29 is 13.2 Å². The second-order valence-corrected chi connectivity index (χ2v) is 9.79. The number of halogens is 1. The number of aryl methyl sites for hydroxylation is 1. The van der Waals surface area contributed by atoms with E-state index in [0.717, 1.165) is 16.7 Å². The minimum Gasteiger partial charge on any atom is -0.348 e. The van der Waals surface area contributed by atoms with E-state index in [1.807, 2.05) is 68.4 Å². The predicted octanol–water partition coefficient (Wildman–Crippen LogP) is 4.72. The maximum atomic E-state index is 13.3. The first-order chi connectivity index (χ1) is 14.8. The number of nitrogens with one attached hydrogen (secondary N) is 1. The molecule has 0 aliphatic heterocycles. The fourth-order valence-corrected chi connectivity index (χ4v) is 4.78. The van der Waals surface area contributed by atoms with Crippen molar-refractivity contribution in [2.75, 3.05) is 6.54 Å². The summed E-state index contributed by atoms with van der Waals surface area (Å²) < 4.78 is 27.8. The van der Waals surface area contributed by atoms with E-state index < -0.39 is 10.0 Å². The molecule has 5 nitrogen and oxygen atoms in total. The third-order valence-corrected chi connectivity index (χ3v) is 6.95. The van der Waals surface area contributed by atoms with Gasteiger partial charge in [-0.3, -0.25) is 4.79 Å². The average molecular weight is 457 g/mol. The summed E-state index contributed by atoms with van der Waals surface area (Å²) in [5, 5.41) is 3.33. The maximum Gasteiger partial charge on any atom is 0.243 e. The molecule has 0 aliphatic carbocycles. The van der Waals surface area contributed by atoms with Gasteiger partial charge in [0.1, 0.15) is 0 Å². The van der Waals surface area contributed by atoms with Crippen molar-refractivity contribution in [3.8, 4) is 0 Å². The lowest BCUT2D eigenvalue weighted by Gasteiger charge is -2.23. The van der Waals surface area contributed by atoms with E-state index in [1.165, 1.54) is 28.6 Å². The Kier molecular flexibility index (Phi) is 7.49. The topological polar surface area (TPSA) is 66.5 Å². The lowest BCUT2D eigenvalue weighted by Crippen LogP contribution is -2.41. The van der Waals surface area contributed by atoms with Crippen LogP contribution in [0, 0.1) is 6.92 Å². The zero-order valence-corrected chi connectivity index (χ0v) is 19.0. The maximum absolute atomic E-state index is 13.3. The summed E-state index contributed by atoms with van der Waals surface area (Å²) in [4.78, 5) is 12.9. The highest BCUT2D eigenvalue weighted by molar-refractivity contribution is 7.89. The molecule has 3 aromatic rings. The van der Waals surface area contributed by atoms with Crippen LogP contribution >= 0.6 is 11.6 Å². The van der Waals surface area contributed by atoms with Gasteiger partial charge in [-0.25, -0.2) is 8.42 Å². The van der Waals surface area contributed by atoms with Crippen molar-refractivity contribution in [1.29, 1.82) is 0 Å². The van der Waals surface area contributed by atoms with Crippen LogP contribution in [0.25, 0.3) is 0 Å². The highest BCUT2D eigenvalue weighted by Gasteiger charge is 2.27. The molecular formula is C24H25ClN2O3S. The standard InChI is InChI=1S/C24H25ClN2O3S/c1-18-7-6-8-20(15-18)16-27(31(29,30)23-13-11-22(25)12-14-23)17-24(28)26-19(2)21-9-4-3-5-10-21/h3-15,19H,16-17H2,1-2H3,(H,26,28)/t19-/m1/s1. The molecule has 0 aromatic heterocycles. The van der Waals surface area contributed by atoms with Crippen LogP contribution in [0.2, 0.25) is 5.02 Å². The van der Waals surface area contributed by atoms with Crippen LogP contribution in [0.1, 0.15) is 29.7 Å². The van der Waals surface area contributed by atoms with Gasteiger partial charge in [0.15, 0.2) is 0 Å². The van der Waals surface area contributed by atoms with E-state index in [2.05, 4.69) is 5.32 Å². The quantitative estimate of drug-likeness (QED) is 0.533. The Morgan fingerprint density at radius 3 is 2.32 bits per heavy atom. The first kappa shape index (κ1) is 23.0. The molecule has 0 aliphatic rings. The van der Waals surface area contributed by atoms with Crippen molar-refractivity contribution in [3.63, 3.8) is 0 Å². The van der Waals surface area contributed by atoms with Gasteiger partial charge in [-0.1, -0.05) is 71.8 Å². The summed E-state index contributed by atoms with van der Waals surface area (Å²) in [5.41, 5.74) is 2.77. The van der Waals surface area contributed by atoms with Crippen LogP contribution in [0.3, 0.4) is 0 Å². The molecule has 31 heavy (non-hydrogen) atoms. The Bertz CT molecular complexity index is 1130. The van der Waals surface area contributed by atoms with Gasteiger partial charge in [0.2, 0.25) is 15.9 Å². The number of rotatable bonds is 8. The average Bonchev–Trinajstić information content (AvgIpc) is 2.74. The molecule has 0 bridgehead atoms. The summed E-state index contributed by atoms with van der Waals surface area (Å²) in [6.45, 7) is 3.59. The molecule has 162 valence electrons. The largest absolute Gasteiger partial charge is 0.348 e. The highest BCUT2D eigenvalue weighted by atomic mass is 35.5. The van der Waals surface area contributed by atoms with Gasteiger partial charge >= 0.3 is 0 Å². The fraction of sp³-hybridized carbons (Fsp3) is 0.208. The van der Waals surface area contributed by atoms with Crippen molar-refractivity contribution in [2.24, 2.45) is 0 Å². The number of amides is 1. The van der Waals surface area contributed by atoms with Crippen LogP contribution < -0.4 is 5.32 Å². The second-order valence-electron chi connectivity index (χ2n) is 7.42. The Balaban J connectivity index is 1.84. The van der Waals surface area contributed by atoms with Crippen LogP contribution in [0.15, 0.2) is 83.8 Å². The first-order valence-corrected chi connectivity index (χ1v) is 11.7. The molecular weight excluding hydrogens is 432 g/mol. The number of nitrogens with zero attached hydrogens (tertiary/aromatic N) is 1. The Labute approximate surface area is 188 Å². The van der Waals surface area contributed by atoms with E-state index in [4.69, 9.17) is 11.6 Å². The van der Waals surface area contributed by atoms with Crippen molar-refractivity contribution in [1.82, 2.24) is 9.62 Å². The predicted molar refractivity (Wildman–Crippen MR) is 123 cm³/mol. The lowest BCUT2D eigenvalue weighted by molar-refractivity contribution is -0.122. The fourth-order valence-electron chi connectivity index (χ4n) is 3.27.